The number of hydrogen-bond acceptors (Lipinski definition) is 2. The summed E-state index contributed by atoms with van der Waals surface area (Å²) >= 11 is 0. The van der Waals surface area contributed by atoms with Gasteiger partial charge in [0.15, 0.2) is 0 Å². The summed E-state index contributed by atoms with van der Waals surface area (Å²) in [6.45, 7) is 1.02. The first kappa shape index (κ1) is 11.4. The lowest BCUT2D eigenvalue weighted by Gasteiger charge is -2.25. The minimum Gasteiger partial charge on any atom is -0.376 e. The van der Waals surface area contributed by atoms with Gasteiger partial charge in [0.1, 0.15) is 0 Å². The van der Waals surface area contributed by atoms with Crippen LogP contribution in [0.1, 0.15) is 51.4 Å². The predicted octanol–water partition coefficient (Wildman–Crippen LogP) is 2.72. The van der Waals surface area contributed by atoms with E-state index < -0.39 is 0 Å². The molecular weight excluding hydrogens is 186 g/mol. The quantitative estimate of drug-likeness (QED) is 0.772. The van der Waals surface area contributed by atoms with Crippen LogP contribution in [0.2, 0.25) is 0 Å². The summed E-state index contributed by atoms with van der Waals surface area (Å²) < 4.78 is 6.08. The molecule has 0 heterocycles. The minimum absolute atomic E-state index is 0.497. The molecule has 2 rings (SSSR count). The highest BCUT2D eigenvalue weighted by Crippen LogP contribution is 2.27. The van der Waals surface area contributed by atoms with Gasteiger partial charge in [-0.15, -0.1) is 0 Å². The van der Waals surface area contributed by atoms with E-state index in [1.807, 2.05) is 0 Å². The molecule has 2 aliphatic rings. The Kier molecular flexibility index (Phi) is 4.45. The van der Waals surface area contributed by atoms with Crippen LogP contribution in [0.3, 0.4) is 0 Å². The highest BCUT2D eigenvalue weighted by molar-refractivity contribution is 4.83. The topological polar surface area (TPSA) is 21.3 Å². The maximum absolute atomic E-state index is 6.08. The van der Waals surface area contributed by atoms with E-state index >= 15 is 0 Å². The molecule has 0 spiro atoms. The first-order valence-electron chi connectivity index (χ1n) is 6.69. The molecule has 0 amide bonds. The normalized spacial score (nSPS) is 33.4. The highest BCUT2D eigenvalue weighted by Gasteiger charge is 2.27. The summed E-state index contributed by atoms with van der Waals surface area (Å²) in [5.41, 5.74) is 0. The fourth-order valence-electron chi connectivity index (χ4n) is 3.07. The fraction of sp³-hybridized carbons (Fsp3) is 1.00. The summed E-state index contributed by atoms with van der Waals surface area (Å²) in [5.74, 6) is 0.858. The molecular formula is C13H25NO. The second-order valence-corrected chi connectivity index (χ2v) is 5.20. The maximum Gasteiger partial charge on any atom is 0.0728 e. The van der Waals surface area contributed by atoms with Crippen molar-refractivity contribution in [3.8, 4) is 0 Å². The van der Waals surface area contributed by atoms with Gasteiger partial charge in [0, 0.05) is 12.6 Å². The van der Waals surface area contributed by atoms with E-state index in [-0.39, 0.29) is 0 Å². The van der Waals surface area contributed by atoms with E-state index in [1.165, 1.54) is 51.4 Å². The monoisotopic (exact) mass is 211 g/mol. The molecule has 88 valence electrons. The van der Waals surface area contributed by atoms with Crippen molar-refractivity contribution < 1.29 is 4.74 Å². The van der Waals surface area contributed by atoms with Gasteiger partial charge in [0.25, 0.3) is 0 Å². The van der Waals surface area contributed by atoms with Gasteiger partial charge in [-0.3, -0.25) is 0 Å². The Morgan fingerprint density at radius 3 is 2.53 bits per heavy atom. The van der Waals surface area contributed by atoms with Gasteiger partial charge in [-0.25, -0.2) is 0 Å². The second kappa shape index (κ2) is 5.86. The molecule has 1 N–H and O–H groups in total. The number of ether oxygens (including phenoxy) is 1. The van der Waals surface area contributed by atoms with Gasteiger partial charge in [0.05, 0.1) is 6.10 Å². The number of nitrogens with one attached hydrogen (secondary N) is 1. The lowest BCUT2D eigenvalue weighted by Crippen LogP contribution is -2.35. The van der Waals surface area contributed by atoms with E-state index in [0.29, 0.717) is 12.1 Å². The zero-order chi connectivity index (χ0) is 10.5. The molecule has 0 aromatic heterocycles. The van der Waals surface area contributed by atoms with E-state index in [0.717, 1.165) is 12.5 Å². The van der Waals surface area contributed by atoms with Crippen LogP contribution in [0.5, 0.6) is 0 Å². The number of rotatable bonds is 4. The summed E-state index contributed by atoms with van der Waals surface area (Å²) in [6, 6.07) is 0.619. The average Bonchev–Trinajstić information content (AvgIpc) is 2.75. The summed E-state index contributed by atoms with van der Waals surface area (Å²) in [5, 5.41) is 3.38. The molecule has 0 radical (unpaired) electrons. The van der Waals surface area contributed by atoms with E-state index in [2.05, 4.69) is 12.4 Å². The summed E-state index contributed by atoms with van der Waals surface area (Å²) in [4.78, 5) is 0. The molecule has 2 aliphatic carbocycles. The van der Waals surface area contributed by atoms with Crippen LogP contribution in [0, 0.1) is 5.92 Å². The second-order valence-electron chi connectivity index (χ2n) is 5.20. The van der Waals surface area contributed by atoms with Crippen molar-refractivity contribution in [2.75, 3.05) is 13.7 Å². The average molecular weight is 211 g/mol. The van der Waals surface area contributed by atoms with Crippen molar-refractivity contribution in [2.45, 2.75) is 63.5 Å². The third-order valence-corrected chi connectivity index (χ3v) is 4.09. The van der Waals surface area contributed by atoms with Crippen LogP contribution in [0.4, 0.5) is 0 Å². The molecule has 0 saturated heterocycles. The maximum atomic E-state index is 6.08. The van der Waals surface area contributed by atoms with Gasteiger partial charge < -0.3 is 10.1 Å². The van der Waals surface area contributed by atoms with Crippen LogP contribution in [0.25, 0.3) is 0 Å². The van der Waals surface area contributed by atoms with Crippen LogP contribution in [-0.2, 0) is 4.74 Å². The molecule has 0 aliphatic heterocycles. The van der Waals surface area contributed by atoms with Gasteiger partial charge in [0.2, 0.25) is 0 Å². The van der Waals surface area contributed by atoms with Crippen molar-refractivity contribution in [3.63, 3.8) is 0 Å². The molecule has 2 heteroatoms. The Bertz CT molecular complexity index is 177. The zero-order valence-corrected chi connectivity index (χ0v) is 10.0. The largest absolute Gasteiger partial charge is 0.376 e. The van der Waals surface area contributed by atoms with Crippen LogP contribution < -0.4 is 5.32 Å². The van der Waals surface area contributed by atoms with Crippen molar-refractivity contribution in [3.05, 3.63) is 0 Å². The molecule has 2 unspecified atom stereocenters. The standard InChI is InChI=1S/C13H25NO/c1-14-12-8-5-9-13(12)15-10-11-6-3-2-4-7-11/h11-14H,2-10H2,1H3. The lowest BCUT2D eigenvalue weighted by molar-refractivity contribution is 0.0118. The van der Waals surface area contributed by atoms with Gasteiger partial charge in [-0.05, 0) is 45.1 Å². The Balaban J connectivity index is 1.67. The van der Waals surface area contributed by atoms with E-state index in [1.54, 1.807) is 0 Å². The summed E-state index contributed by atoms with van der Waals surface area (Å²) in [6.07, 6.45) is 11.5. The van der Waals surface area contributed by atoms with Crippen molar-refractivity contribution in [1.29, 1.82) is 0 Å². The van der Waals surface area contributed by atoms with Gasteiger partial charge in [-0.1, -0.05) is 19.3 Å². The number of hydrogen-bond donors (Lipinski definition) is 1. The molecule has 2 fully saturated rings. The van der Waals surface area contributed by atoms with Crippen molar-refractivity contribution in [1.82, 2.24) is 5.32 Å². The zero-order valence-electron chi connectivity index (χ0n) is 10.0. The Morgan fingerprint density at radius 2 is 1.80 bits per heavy atom. The third-order valence-electron chi connectivity index (χ3n) is 4.09. The fourth-order valence-corrected chi connectivity index (χ4v) is 3.07. The van der Waals surface area contributed by atoms with Crippen LogP contribution >= 0.6 is 0 Å². The predicted molar refractivity (Wildman–Crippen MR) is 63.0 cm³/mol. The van der Waals surface area contributed by atoms with Crippen molar-refractivity contribution in [2.24, 2.45) is 5.92 Å². The minimum atomic E-state index is 0.497. The van der Waals surface area contributed by atoms with E-state index in [4.69, 9.17) is 4.74 Å². The molecule has 2 saturated carbocycles. The lowest BCUT2D eigenvalue weighted by atomic mass is 9.90. The first-order valence-corrected chi connectivity index (χ1v) is 6.69. The molecule has 2 nitrogen and oxygen atoms in total. The smallest absolute Gasteiger partial charge is 0.0728 e. The Labute approximate surface area is 93.8 Å². The Morgan fingerprint density at radius 1 is 1.00 bits per heavy atom. The molecule has 0 bridgehead atoms. The summed E-state index contributed by atoms with van der Waals surface area (Å²) in [7, 11) is 2.06. The van der Waals surface area contributed by atoms with Crippen LogP contribution in [0.15, 0.2) is 0 Å². The number of likely N-dealkylation sites (N-methyl/N-ethyl adjacent to an activating group) is 1. The first-order chi connectivity index (χ1) is 7.40. The highest BCUT2D eigenvalue weighted by atomic mass is 16.5. The Hall–Kier alpha value is -0.0800. The van der Waals surface area contributed by atoms with Gasteiger partial charge in [-0.2, -0.15) is 0 Å². The molecule has 15 heavy (non-hydrogen) atoms. The van der Waals surface area contributed by atoms with Gasteiger partial charge >= 0.3 is 0 Å². The molecule has 2 atom stereocenters. The van der Waals surface area contributed by atoms with Crippen LogP contribution in [-0.4, -0.2) is 25.8 Å². The molecule has 0 aromatic rings. The third kappa shape index (κ3) is 3.18. The van der Waals surface area contributed by atoms with E-state index in [9.17, 15) is 0 Å². The molecule has 0 aromatic carbocycles. The van der Waals surface area contributed by atoms with Crippen molar-refractivity contribution >= 4 is 0 Å². The SMILES string of the molecule is CNC1CCCC1OCC1CCCCC1.